The molecule has 3 N–H and O–H groups in total. The van der Waals surface area contributed by atoms with Gasteiger partial charge in [-0.05, 0) is 75.9 Å². The molecular weight excluding hydrogens is 442 g/mol. The summed E-state index contributed by atoms with van der Waals surface area (Å²) in [5.41, 5.74) is 5.27. The van der Waals surface area contributed by atoms with Crippen LogP contribution in [0.1, 0.15) is 45.6 Å². The SMILES string of the molecule is CCN1C(=O)C(C)(C)c2cc3[nH]c(-c4n[nH]c5ccc(NC(=O)N6CCCCC6)cc45)nc3cc21. The Kier molecular flexibility index (Phi) is 4.84. The largest absolute Gasteiger partial charge is 0.337 e. The molecular formula is C26H29N7O2. The number of aromatic nitrogens is 4. The first kappa shape index (κ1) is 21.6. The average Bonchev–Trinajstić information content (AvgIpc) is 3.51. The first-order valence-corrected chi connectivity index (χ1v) is 12.3. The minimum Gasteiger partial charge on any atom is -0.337 e. The van der Waals surface area contributed by atoms with E-state index in [0.29, 0.717) is 18.1 Å². The fourth-order valence-electron chi connectivity index (χ4n) is 5.33. The predicted molar refractivity (Wildman–Crippen MR) is 137 cm³/mol. The van der Waals surface area contributed by atoms with Crippen molar-refractivity contribution < 1.29 is 9.59 Å². The third-order valence-corrected chi connectivity index (χ3v) is 7.34. The van der Waals surface area contributed by atoms with E-state index in [9.17, 15) is 9.59 Å². The monoisotopic (exact) mass is 471 g/mol. The van der Waals surface area contributed by atoms with E-state index in [4.69, 9.17) is 4.98 Å². The first-order chi connectivity index (χ1) is 16.9. The lowest BCUT2D eigenvalue weighted by molar-refractivity contribution is -0.122. The van der Waals surface area contributed by atoms with Crippen LogP contribution in [0.15, 0.2) is 30.3 Å². The van der Waals surface area contributed by atoms with Crippen molar-refractivity contribution in [3.63, 3.8) is 0 Å². The molecule has 2 aromatic carbocycles. The molecule has 1 saturated heterocycles. The third kappa shape index (κ3) is 3.37. The lowest BCUT2D eigenvalue weighted by Crippen LogP contribution is -2.38. The molecule has 180 valence electrons. The van der Waals surface area contributed by atoms with Gasteiger partial charge in [-0.3, -0.25) is 9.89 Å². The molecule has 1 fully saturated rings. The number of likely N-dealkylation sites (N-methyl/N-ethyl adjacent to an activating group) is 1. The number of carbonyl (C=O) groups excluding carboxylic acids is 2. The van der Waals surface area contributed by atoms with E-state index >= 15 is 0 Å². The van der Waals surface area contributed by atoms with Crippen molar-refractivity contribution in [1.82, 2.24) is 25.1 Å². The summed E-state index contributed by atoms with van der Waals surface area (Å²) in [6.07, 6.45) is 3.28. The van der Waals surface area contributed by atoms with Gasteiger partial charge in [0.25, 0.3) is 0 Å². The molecule has 35 heavy (non-hydrogen) atoms. The van der Waals surface area contributed by atoms with Crippen LogP contribution in [-0.2, 0) is 10.2 Å². The van der Waals surface area contributed by atoms with E-state index in [1.165, 1.54) is 6.42 Å². The Morgan fingerprint density at radius 1 is 1.11 bits per heavy atom. The van der Waals surface area contributed by atoms with Gasteiger partial charge in [0.15, 0.2) is 5.82 Å². The number of hydrogen-bond acceptors (Lipinski definition) is 4. The van der Waals surface area contributed by atoms with Crippen molar-refractivity contribution in [2.45, 2.75) is 45.4 Å². The summed E-state index contributed by atoms with van der Waals surface area (Å²) in [6.45, 7) is 8.13. The van der Waals surface area contributed by atoms with Gasteiger partial charge in [0.2, 0.25) is 5.91 Å². The van der Waals surface area contributed by atoms with Gasteiger partial charge in [0.1, 0.15) is 5.69 Å². The van der Waals surface area contributed by atoms with Crippen molar-refractivity contribution in [2.75, 3.05) is 29.9 Å². The number of imidazole rings is 1. The maximum atomic E-state index is 12.9. The smallest absolute Gasteiger partial charge is 0.321 e. The molecule has 0 bridgehead atoms. The number of fused-ring (bicyclic) bond motifs is 3. The number of benzene rings is 2. The molecule has 2 aromatic heterocycles. The van der Waals surface area contributed by atoms with Crippen LogP contribution in [0, 0.1) is 0 Å². The van der Waals surface area contributed by atoms with Crippen molar-refractivity contribution in [2.24, 2.45) is 0 Å². The number of amides is 3. The standard InChI is InChI=1S/C26H29N7O2/c1-4-33-21-14-20-19(13-17(21)26(2,3)24(33)34)28-23(29-20)22-16-12-15(8-9-18(16)30-31-22)27-25(35)32-10-6-5-7-11-32/h8-9,12-14H,4-7,10-11H2,1-3H3,(H,27,35)(H,28,29)(H,30,31). The second-order valence-corrected chi connectivity index (χ2v) is 9.96. The van der Waals surface area contributed by atoms with Crippen molar-refractivity contribution in [3.8, 4) is 11.5 Å². The number of carbonyl (C=O) groups is 2. The van der Waals surface area contributed by atoms with Crippen LogP contribution >= 0.6 is 0 Å². The van der Waals surface area contributed by atoms with Gasteiger partial charge in [-0.1, -0.05) is 0 Å². The molecule has 9 heteroatoms. The minimum atomic E-state index is -0.578. The molecule has 9 nitrogen and oxygen atoms in total. The maximum absolute atomic E-state index is 12.9. The van der Waals surface area contributed by atoms with E-state index < -0.39 is 5.41 Å². The highest BCUT2D eigenvalue weighted by Gasteiger charge is 2.43. The average molecular weight is 472 g/mol. The highest BCUT2D eigenvalue weighted by atomic mass is 16.2. The summed E-state index contributed by atoms with van der Waals surface area (Å²) in [7, 11) is 0. The number of nitrogens with one attached hydrogen (secondary N) is 3. The zero-order valence-electron chi connectivity index (χ0n) is 20.2. The first-order valence-electron chi connectivity index (χ1n) is 12.3. The number of anilines is 2. The Bertz CT molecular complexity index is 1480. The Balaban J connectivity index is 1.36. The number of H-pyrrole nitrogens is 2. The number of likely N-dealkylation sites (tertiary alicyclic amines) is 1. The fraction of sp³-hybridized carbons (Fsp3) is 0.385. The van der Waals surface area contributed by atoms with Crippen LogP contribution < -0.4 is 10.2 Å². The van der Waals surface area contributed by atoms with Crippen LogP contribution in [0.25, 0.3) is 33.5 Å². The van der Waals surface area contributed by atoms with Crippen LogP contribution in [0.2, 0.25) is 0 Å². The molecule has 0 saturated carbocycles. The van der Waals surface area contributed by atoms with E-state index in [1.54, 1.807) is 0 Å². The van der Waals surface area contributed by atoms with E-state index in [2.05, 4.69) is 20.5 Å². The number of aromatic amines is 2. The highest BCUT2D eigenvalue weighted by Crippen LogP contribution is 2.43. The summed E-state index contributed by atoms with van der Waals surface area (Å²) in [6, 6.07) is 9.69. The summed E-state index contributed by atoms with van der Waals surface area (Å²) in [5, 5.41) is 11.5. The maximum Gasteiger partial charge on any atom is 0.321 e. The summed E-state index contributed by atoms with van der Waals surface area (Å²) in [5.74, 6) is 0.752. The van der Waals surface area contributed by atoms with Crippen LogP contribution in [0.3, 0.4) is 0 Å². The molecule has 4 aromatic rings. The lowest BCUT2D eigenvalue weighted by Gasteiger charge is -2.26. The molecule has 2 aliphatic heterocycles. The van der Waals surface area contributed by atoms with Gasteiger partial charge in [0.05, 0.1) is 27.7 Å². The second-order valence-electron chi connectivity index (χ2n) is 9.96. The topological polar surface area (TPSA) is 110 Å². The molecule has 0 radical (unpaired) electrons. The Labute approximate surface area is 202 Å². The van der Waals surface area contributed by atoms with E-state index in [0.717, 1.165) is 64.8 Å². The Morgan fingerprint density at radius 3 is 2.69 bits per heavy atom. The Hall–Kier alpha value is -3.88. The Morgan fingerprint density at radius 2 is 1.91 bits per heavy atom. The number of hydrogen-bond donors (Lipinski definition) is 3. The van der Waals surface area contributed by atoms with Gasteiger partial charge in [-0.25, -0.2) is 9.78 Å². The zero-order chi connectivity index (χ0) is 24.3. The van der Waals surface area contributed by atoms with Gasteiger partial charge in [-0.2, -0.15) is 5.10 Å². The van der Waals surface area contributed by atoms with Crippen molar-refractivity contribution >= 4 is 45.2 Å². The number of rotatable bonds is 3. The van der Waals surface area contributed by atoms with Gasteiger partial charge in [-0.15, -0.1) is 0 Å². The molecule has 0 atom stereocenters. The zero-order valence-corrected chi connectivity index (χ0v) is 20.2. The highest BCUT2D eigenvalue weighted by molar-refractivity contribution is 6.09. The van der Waals surface area contributed by atoms with E-state index in [-0.39, 0.29) is 11.9 Å². The van der Waals surface area contributed by atoms with Crippen LogP contribution in [0.4, 0.5) is 16.2 Å². The number of nitrogens with zero attached hydrogens (tertiary/aromatic N) is 4. The van der Waals surface area contributed by atoms with Gasteiger partial charge >= 0.3 is 6.03 Å². The summed E-state index contributed by atoms with van der Waals surface area (Å²) in [4.78, 5) is 37.5. The number of piperidine rings is 1. The molecule has 6 rings (SSSR count). The second kappa shape index (κ2) is 7.83. The summed E-state index contributed by atoms with van der Waals surface area (Å²) >= 11 is 0. The molecule has 2 aliphatic rings. The molecule has 0 spiro atoms. The molecule has 3 amide bonds. The van der Waals surface area contributed by atoms with Crippen molar-refractivity contribution in [3.05, 3.63) is 35.9 Å². The molecule has 4 heterocycles. The fourth-order valence-corrected chi connectivity index (χ4v) is 5.33. The van der Waals surface area contributed by atoms with Crippen molar-refractivity contribution in [1.29, 1.82) is 0 Å². The van der Waals surface area contributed by atoms with Gasteiger partial charge in [0, 0.05) is 30.7 Å². The minimum absolute atomic E-state index is 0.0648. The molecule has 0 aliphatic carbocycles. The predicted octanol–water partition coefficient (Wildman–Crippen LogP) is 4.77. The third-order valence-electron chi connectivity index (χ3n) is 7.34. The number of urea groups is 1. The molecule has 0 unspecified atom stereocenters. The van der Waals surface area contributed by atoms with Gasteiger partial charge < -0.3 is 20.1 Å². The summed E-state index contributed by atoms with van der Waals surface area (Å²) < 4.78 is 0. The van der Waals surface area contributed by atoms with E-state index in [1.807, 2.05) is 60.9 Å². The van der Waals surface area contributed by atoms with Crippen LogP contribution in [0.5, 0.6) is 0 Å². The van der Waals surface area contributed by atoms with Crippen LogP contribution in [-0.4, -0.2) is 56.6 Å². The lowest BCUT2D eigenvalue weighted by atomic mass is 9.86. The quantitative estimate of drug-likeness (QED) is 0.400. The normalized spacial score (nSPS) is 17.4.